The van der Waals surface area contributed by atoms with Crippen molar-refractivity contribution in [2.75, 3.05) is 5.32 Å². The van der Waals surface area contributed by atoms with E-state index in [-0.39, 0.29) is 5.91 Å². The first-order valence-electron chi connectivity index (χ1n) is 7.25. The van der Waals surface area contributed by atoms with Crippen molar-refractivity contribution in [2.24, 2.45) is 0 Å². The van der Waals surface area contributed by atoms with Gasteiger partial charge < -0.3 is 5.32 Å². The molecule has 1 amide bonds. The van der Waals surface area contributed by atoms with Crippen molar-refractivity contribution in [1.82, 2.24) is 4.98 Å². The van der Waals surface area contributed by atoms with Crippen LogP contribution < -0.4 is 5.32 Å². The summed E-state index contributed by atoms with van der Waals surface area (Å²) in [5.74, 6) is -0.0922. The molecule has 0 aliphatic heterocycles. The Kier molecular flexibility index (Phi) is 5.02. The van der Waals surface area contributed by atoms with E-state index >= 15 is 0 Å². The van der Waals surface area contributed by atoms with Crippen LogP contribution in [0.1, 0.15) is 21.5 Å². The molecule has 0 saturated carbocycles. The number of nitrogens with zero attached hydrogens (tertiary/aromatic N) is 1. The second-order valence-corrected chi connectivity index (χ2v) is 6.44. The summed E-state index contributed by atoms with van der Waals surface area (Å²) < 4.78 is 1.04. The summed E-state index contributed by atoms with van der Waals surface area (Å²) in [6.07, 6.45) is 4.45. The molecule has 3 nitrogen and oxygen atoms in total. The third-order valence-corrected chi connectivity index (χ3v) is 4.13. The van der Waals surface area contributed by atoms with Gasteiger partial charge in [-0.25, -0.2) is 0 Å². The molecular weight excluding hydrogens is 399 g/mol. The number of benzene rings is 2. The van der Waals surface area contributed by atoms with Crippen LogP contribution in [0.4, 0.5) is 5.69 Å². The fraction of sp³-hybridized carbons (Fsp3) is 0.0526. The number of hydrogen-bond acceptors (Lipinski definition) is 2. The van der Waals surface area contributed by atoms with Gasteiger partial charge in [-0.15, -0.1) is 0 Å². The molecule has 0 spiro atoms. The van der Waals surface area contributed by atoms with E-state index in [1.54, 1.807) is 12.4 Å². The van der Waals surface area contributed by atoms with E-state index in [0.29, 0.717) is 5.56 Å². The summed E-state index contributed by atoms with van der Waals surface area (Å²) in [4.78, 5) is 16.2. The van der Waals surface area contributed by atoms with Crippen molar-refractivity contribution in [3.05, 3.63) is 93.3 Å². The van der Waals surface area contributed by atoms with E-state index in [4.69, 9.17) is 0 Å². The SMILES string of the molecule is O=C(Nc1ccc(Cc2ccncc2)cc1)c1cccc(I)c1. The Hall–Kier alpha value is -2.21. The van der Waals surface area contributed by atoms with Gasteiger partial charge in [0.1, 0.15) is 0 Å². The van der Waals surface area contributed by atoms with Crippen LogP contribution >= 0.6 is 22.6 Å². The summed E-state index contributed by atoms with van der Waals surface area (Å²) in [6, 6.07) is 19.5. The molecule has 3 rings (SSSR count). The number of nitrogens with one attached hydrogen (secondary N) is 1. The lowest BCUT2D eigenvalue weighted by Crippen LogP contribution is -2.11. The first-order chi connectivity index (χ1) is 11.2. The second kappa shape index (κ2) is 7.37. The minimum Gasteiger partial charge on any atom is -0.322 e. The summed E-state index contributed by atoms with van der Waals surface area (Å²) >= 11 is 2.20. The molecular formula is C19H15IN2O. The summed E-state index contributed by atoms with van der Waals surface area (Å²) in [5.41, 5.74) is 3.88. The van der Waals surface area contributed by atoms with Crippen LogP contribution in [0.25, 0.3) is 0 Å². The molecule has 1 N–H and O–H groups in total. The first kappa shape index (κ1) is 15.7. The van der Waals surface area contributed by atoms with Crippen LogP contribution in [0.5, 0.6) is 0 Å². The van der Waals surface area contributed by atoms with Gasteiger partial charge in [-0.3, -0.25) is 9.78 Å². The van der Waals surface area contributed by atoms with E-state index < -0.39 is 0 Å². The van der Waals surface area contributed by atoms with Crippen molar-refractivity contribution >= 4 is 34.2 Å². The van der Waals surface area contributed by atoms with E-state index in [2.05, 4.69) is 32.9 Å². The predicted octanol–water partition coefficient (Wildman–Crippen LogP) is 4.53. The van der Waals surface area contributed by atoms with E-state index in [9.17, 15) is 4.79 Å². The summed E-state index contributed by atoms with van der Waals surface area (Å²) in [5, 5.41) is 2.92. The molecule has 1 aromatic heterocycles. The Labute approximate surface area is 148 Å². The highest BCUT2D eigenvalue weighted by Gasteiger charge is 2.06. The van der Waals surface area contributed by atoms with Crippen molar-refractivity contribution in [3.8, 4) is 0 Å². The molecule has 4 heteroatoms. The zero-order valence-corrected chi connectivity index (χ0v) is 14.5. The third-order valence-electron chi connectivity index (χ3n) is 3.46. The number of pyridine rings is 1. The minimum atomic E-state index is -0.0922. The molecule has 3 aromatic rings. The average Bonchev–Trinajstić information content (AvgIpc) is 2.57. The number of halogens is 1. The molecule has 23 heavy (non-hydrogen) atoms. The van der Waals surface area contributed by atoms with Crippen LogP contribution in [0.15, 0.2) is 73.1 Å². The van der Waals surface area contributed by atoms with Crippen LogP contribution in [-0.4, -0.2) is 10.9 Å². The topological polar surface area (TPSA) is 42.0 Å². The minimum absolute atomic E-state index is 0.0922. The molecule has 0 radical (unpaired) electrons. The standard InChI is InChI=1S/C19H15IN2O/c20-17-3-1-2-16(13-17)19(23)22-18-6-4-14(5-7-18)12-15-8-10-21-11-9-15/h1-11,13H,12H2,(H,22,23). The number of anilines is 1. The highest BCUT2D eigenvalue weighted by atomic mass is 127. The largest absolute Gasteiger partial charge is 0.322 e. The molecule has 0 saturated heterocycles. The lowest BCUT2D eigenvalue weighted by atomic mass is 10.1. The third kappa shape index (κ3) is 4.39. The summed E-state index contributed by atoms with van der Waals surface area (Å²) in [7, 11) is 0. The maximum Gasteiger partial charge on any atom is 0.255 e. The van der Waals surface area contributed by atoms with Crippen molar-refractivity contribution in [3.63, 3.8) is 0 Å². The van der Waals surface area contributed by atoms with Gasteiger partial charge in [-0.2, -0.15) is 0 Å². The molecule has 0 fully saturated rings. The smallest absolute Gasteiger partial charge is 0.255 e. The van der Waals surface area contributed by atoms with Gasteiger partial charge in [-0.1, -0.05) is 18.2 Å². The van der Waals surface area contributed by atoms with Gasteiger partial charge in [0, 0.05) is 27.2 Å². The number of carbonyl (C=O) groups excluding carboxylic acids is 1. The van der Waals surface area contributed by atoms with Gasteiger partial charge >= 0.3 is 0 Å². The monoisotopic (exact) mass is 414 g/mol. The van der Waals surface area contributed by atoms with Crippen molar-refractivity contribution in [2.45, 2.75) is 6.42 Å². The maximum atomic E-state index is 12.2. The van der Waals surface area contributed by atoms with Gasteiger partial charge in [0.25, 0.3) is 5.91 Å². The fourth-order valence-electron chi connectivity index (χ4n) is 2.28. The van der Waals surface area contributed by atoms with Crippen LogP contribution in [0.3, 0.4) is 0 Å². The highest BCUT2D eigenvalue weighted by molar-refractivity contribution is 14.1. The quantitative estimate of drug-likeness (QED) is 0.638. The Morgan fingerprint density at radius 1 is 0.957 bits per heavy atom. The highest BCUT2D eigenvalue weighted by Crippen LogP contribution is 2.15. The molecule has 0 atom stereocenters. The first-order valence-corrected chi connectivity index (χ1v) is 8.33. The fourth-order valence-corrected chi connectivity index (χ4v) is 2.82. The molecule has 0 bridgehead atoms. The van der Waals surface area contributed by atoms with E-state index in [1.807, 2.05) is 60.7 Å². The van der Waals surface area contributed by atoms with Gasteiger partial charge in [-0.05, 0) is 82.6 Å². The number of rotatable bonds is 4. The van der Waals surface area contributed by atoms with Gasteiger partial charge in [0.05, 0.1) is 0 Å². The van der Waals surface area contributed by atoms with Crippen LogP contribution in [0.2, 0.25) is 0 Å². The average molecular weight is 414 g/mol. The molecule has 1 heterocycles. The Balaban J connectivity index is 1.67. The number of hydrogen-bond donors (Lipinski definition) is 1. The summed E-state index contributed by atoms with van der Waals surface area (Å²) in [6.45, 7) is 0. The normalized spacial score (nSPS) is 10.3. The van der Waals surface area contributed by atoms with Crippen molar-refractivity contribution < 1.29 is 4.79 Å². The van der Waals surface area contributed by atoms with Gasteiger partial charge in [0.15, 0.2) is 0 Å². The lowest BCUT2D eigenvalue weighted by molar-refractivity contribution is 0.102. The van der Waals surface area contributed by atoms with Crippen molar-refractivity contribution in [1.29, 1.82) is 0 Å². The van der Waals surface area contributed by atoms with Crippen LogP contribution in [0, 0.1) is 3.57 Å². The predicted molar refractivity (Wildman–Crippen MR) is 101 cm³/mol. The number of amides is 1. The second-order valence-electron chi connectivity index (χ2n) is 5.19. The molecule has 0 aliphatic carbocycles. The van der Waals surface area contributed by atoms with Gasteiger partial charge in [0.2, 0.25) is 0 Å². The number of aromatic nitrogens is 1. The molecule has 0 unspecified atom stereocenters. The molecule has 2 aromatic carbocycles. The molecule has 114 valence electrons. The number of carbonyl (C=O) groups is 1. The Bertz CT molecular complexity index is 801. The zero-order valence-electron chi connectivity index (χ0n) is 12.4. The molecule has 0 aliphatic rings. The zero-order chi connectivity index (χ0) is 16.1. The van der Waals surface area contributed by atoms with Crippen LogP contribution in [-0.2, 0) is 6.42 Å². The Morgan fingerprint density at radius 2 is 1.65 bits per heavy atom. The van der Waals surface area contributed by atoms with E-state index in [1.165, 1.54) is 11.1 Å². The Morgan fingerprint density at radius 3 is 2.35 bits per heavy atom. The maximum absolute atomic E-state index is 12.2. The van der Waals surface area contributed by atoms with E-state index in [0.717, 1.165) is 15.7 Å². The lowest BCUT2D eigenvalue weighted by Gasteiger charge is -2.07.